The fourth-order valence-corrected chi connectivity index (χ4v) is 1.30. The molecule has 13 heavy (non-hydrogen) atoms. The molecule has 0 aliphatic rings. The molecule has 68 valence electrons. The van der Waals surface area contributed by atoms with E-state index in [-0.39, 0.29) is 18.3 Å². The second kappa shape index (κ2) is 3.49. The summed E-state index contributed by atoms with van der Waals surface area (Å²) in [5.41, 5.74) is 6.69. The Morgan fingerprint density at radius 1 is 1.31 bits per heavy atom. The molecule has 0 saturated carbocycles. The Kier molecular flexibility index (Phi) is 2.58. The number of nitrogens with one attached hydrogen (secondary N) is 1. The topological polar surface area (TPSA) is 58.9 Å². The SMILES string of the molecule is Cl.NC(=O)c1cccc2[nH]ccc12. The quantitative estimate of drug-likeness (QED) is 0.717. The molecule has 0 spiro atoms. The van der Waals surface area contributed by atoms with Crippen LogP contribution < -0.4 is 5.73 Å². The maximum Gasteiger partial charge on any atom is 0.249 e. The molecule has 4 heteroatoms. The number of hydrogen-bond acceptors (Lipinski definition) is 1. The van der Waals surface area contributed by atoms with Gasteiger partial charge in [-0.05, 0) is 18.2 Å². The molecular weight excluding hydrogens is 188 g/mol. The van der Waals surface area contributed by atoms with Gasteiger partial charge in [0, 0.05) is 22.7 Å². The van der Waals surface area contributed by atoms with E-state index >= 15 is 0 Å². The number of hydrogen-bond donors (Lipinski definition) is 2. The van der Waals surface area contributed by atoms with Crippen molar-refractivity contribution in [3.8, 4) is 0 Å². The van der Waals surface area contributed by atoms with E-state index < -0.39 is 0 Å². The molecule has 0 saturated heterocycles. The van der Waals surface area contributed by atoms with Crippen molar-refractivity contribution in [2.24, 2.45) is 5.73 Å². The molecule has 0 atom stereocenters. The van der Waals surface area contributed by atoms with Crippen LogP contribution in [-0.4, -0.2) is 10.9 Å². The second-order valence-electron chi connectivity index (χ2n) is 2.61. The maximum atomic E-state index is 10.9. The van der Waals surface area contributed by atoms with Crippen LogP contribution in [0.4, 0.5) is 0 Å². The van der Waals surface area contributed by atoms with Crippen molar-refractivity contribution in [3.05, 3.63) is 36.0 Å². The Labute approximate surface area is 81.3 Å². The summed E-state index contributed by atoms with van der Waals surface area (Å²) in [6.07, 6.45) is 1.79. The van der Waals surface area contributed by atoms with E-state index in [1.54, 1.807) is 18.3 Å². The molecule has 0 fully saturated rings. The summed E-state index contributed by atoms with van der Waals surface area (Å²) in [6, 6.07) is 7.27. The van der Waals surface area contributed by atoms with Gasteiger partial charge in [-0.1, -0.05) is 6.07 Å². The zero-order chi connectivity index (χ0) is 8.55. The molecular formula is C9H9ClN2O. The molecule has 1 aromatic carbocycles. The van der Waals surface area contributed by atoms with Gasteiger partial charge in [0.25, 0.3) is 0 Å². The summed E-state index contributed by atoms with van der Waals surface area (Å²) in [6.45, 7) is 0. The highest BCUT2D eigenvalue weighted by Crippen LogP contribution is 2.16. The van der Waals surface area contributed by atoms with Crippen molar-refractivity contribution in [2.75, 3.05) is 0 Å². The van der Waals surface area contributed by atoms with Crippen molar-refractivity contribution < 1.29 is 4.79 Å². The molecule has 0 aliphatic heterocycles. The summed E-state index contributed by atoms with van der Waals surface area (Å²) in [4.78, 5) is 13.9. The van der Waals surface area contributed by atoms with Crippen LogP contribution in [0.25, 0.3) is 10.9 Å². The van der Waals surface area contributed by atoms with E-state index in [9.17, 15) is 4.79 Å². The monoisotopic (exact) mass is 196 g/mol. The number of carbonyl (C=O) groups excluding carboxylic acids is 1. The van der Waals surface area contributed by atoms with Crippen LogP contribution in [0.3, 0.4) is 0 Å². The van der Waals surface area contributed by atoms with Gasteiger partial charge in [-0.3, -0.25) is 4.79 Å². The van der Waals surface area contributed by atoms with Crippen molar-refractivity contribution in [1.82, 2.24) is 4.98 Å². The summed E-state index contributed by atoms with van der Waals surface area (Å²) in [7, 11) is 0. The number of aromatic nitrogens is 1. The van der Waals surface area contributed by atoms with E-state index in [0.29, 0.717) is 5.56 Å². The smallest absolute Gasteiger partial charge is 0.249 e. The Balaban J connectivity index is 0.000000845. The summed E-state index contributed by atoms with van der Waals surface area (Å²) in [5, 5.41) is 0.880. The van der Waals surface area contributed by atoms with E-state index in [1.165, 1.54) is 0 Å². The molecule has 2 aromatic rings. The number of rotatable bonds is 1. The first kappa shape index (κ1) is 9.61. The molecule has 0 radical (unpaired) electrons. The molecule has 3 N–H and O–H groups in total. The standard InChI is InChI=1S/C9H8N2O.ClH/c10-9(12)7-2-1-3-8-6(7)4-5-11-8;/h1-5,11H,(H2,10,12);1H. The third kappa shape index (κ3) is 1.51. The number of amides is 1. The van der Waals surface area contributed by atoms with Gasteiger partial charge in [0.1, 0.15) is 0 Å². The highest BCUT2D eigenvalue weighted by Gasteiger charge is 2.04. The van der Waals surface area contributed by atoms with Gasteiger partial charge in [0.05, 0.1) is 0 Å². The lowest BCUT2D eigenvalue weighted by Crippen LogP contribution is -2.10. The zero-order valence-corrected chi connectivity index (χ0v) is 7.60. The number of halogens is 1. The predicted octanol–water partition coefficient (Wildman–Crippen LogP) is 1.69. The van der Waals surface area contributed by atoms with Gasteiger partial charge >= 0.3 is 0 Å². The summed E-state index contributed by atoms with van der Waals surface area (Å²) in [5.74, 6) is -0.389. The van der Waals surface area contributed by atoms with Crippen molar-refractivity contribution in [3.63, 3.8) is 0 Å². The average Bonchev–Trinajstić information content (AvgIpc) is 2.49. The molecule has 3 nitrogen and oxygen atoms in total. The number of benzene rings is 1. The molecule has 1 aromatic heterocycles. The Hall–Kier alpha value is -1.48. The molecule has 0 unspecified atom stereocenters. The third-order valence-electron chi connectivity index (χ3n) is 1.86. The van der Waals surface area contributed by atoms with Crippen LogP contribution in [0.2, 0.25) is 0 Å². The molecule has 1 amide bonds. The van der Waals surface area contributed by atoms with Crippen molar-refractivity contribution in [1.29, 1.82) is 0 Å². The normalized spacial score (nSPS) is 9.54. The van der Waals surface area contributed by atoms with Gasteiger partial charge in [-0.25, -0.2) is 0 Å². The molecule has 0 aliphatic carbocycles. The first-order chi connectivity index (χ1) is 5.79. The molecule has 2 rings (SSSR count). The highest BCUT2D eigenvalue weighted by molar-refractivity contribution is 6.05. The average molecular weight is 197 g/mol. The fourth-order valence-electron chi connectivity index (χ4n) is 1.30. The van der Waals surface area contributed by atoms with E-state index in [0.717, 1.165) is 10.9 Å². The van der Waals surface area contributed by atoms with Gasteiger partial charge in [-0.2, -0.15) is 0 Å². The van der Waals surface area contributed by atoms with Gasteiger partial charge in [-0.15, -0.1) is 12.4 Å². The number of fused-ring (bicyclic) bond motifs is 1. The largest absolute Gasteiger partial charge is 0.366 e. The fraction of sp³-hybridized carbons (Fsp3) is 0. The van der Waals surface area contributed by atoms with Gasteiger partial charge in [0.15, 0.2) is 0 Å². The number of H-pyrrole nitrogens is 1. The van der Waals surface area contributed by atoms with E-state index in [4.69, 9.17) is 5.73 Å². The third-order valence-corrected chi connectivity index (χ3v) is 1.86. The Morgan fingerprint density at radius 3 is 2.77 bits per heavy atom. The number of nitrogens with two attached hydrogens (primary N) is 1. The molecule has 1 heterocycles. The first-order valence-electron chi connectivity index (χ1n) is 3.65. The lowest BCUT2D eigenvalue weighted by Gasteiger charge is -1.96. The minimum absolute atomic E-state index is 0. The lowest BCUT2D eigenvalue weighted by atomic mass is 10.1. The lowest BCUT2D eigenvalue weighted by molar-refractivity contribution is 0.100. The van der Waals surface area contributed by atoms with E-state index in [2.05, 4.69) is 4.98 Å². The molecule has 0 bridgehead atoms. The van der Waals surface area contributed by atoms with Crippen LogP contribution in [0.15, 0.2) is 30.5 Å². The number of aromatic amines is 1. The van der Waals surface area contributed by atoms with Crippen LogP contribution in [0.5, 0.6) is 0 Å². The van der Waals surface area contributed by atoms with Crippen LogP contribution in [0, 0.1) is 0 Å². The first-order valence-corrected chi connectivity index (χ1v) is 3.65. The summed E-state index contributed by atoms with van der Waals surface area (Å²) < 4.78 is 0. The zero-order valence-electron chi connectivity index (χ0n) is 6.78. The highest BCUT2D eigenvalue weighted by atomic mass is 35.5. The van der Waals surface area contributed by atoms with Gasteiger partial charge in [0.2, 0.25) is 5.91 Å². The Morgan fingerprint density at radius 2 is 2.08 bits per heavy atom. The number of carbonyl (C=O) groups is 1. The van der Waals surface area contributed by atoms with Gasteiger partial charge < -0.3 is 10.7 Å². The second-order valence-corrected chi connectivity index (χ2v) is 2.61. The number of primary amides is 1. The predicted molar refractivity (Wildman–Crippen MR) is 54.1 cm³/mol. The Bertz CT molecular complexity index is 436. The summed E-state index contributed by atoms with van der Waals surface area (Å²) >= 11 is 0. The maximum absolute atomic E-state index is 10.9. The van der Waals surface area contributed by atoms with Crippen molar-refractivity contribution >= 4 is 29.2 Å². The van der Waals surface area contributed by atoms with Crippen molar-refractivity contribution in [2.45, 2.75) is 0 Å². The van der Waals surface area contributed by atoms with E-state index in [1.807, 2.05) is 12.1 Å². The van der Waals surface area contributed by atoms with Crippen LogP contribution >= 0.6 is 12.4 Å². The minimum atomic E-state index is -0.389. The van der Waals surface area contributed by atoms with Crippen LogP contribution in [-0.2, 0) is 0 Å². The van der Waals surface area contributed by atoms with Crippen LogP contribution in [0.1, 0.15) is 10.4 Å². The minimum Gasteiger partial charge on any atom is -0.366 e.